The minimum Gasteiger partial charge on any atom is -0.205 e. The van der Waals surface area contributed by atoms with Crippen molar-refractivity contribution in [3.8, 4) is 0 Å². The lowest BCUT2D eigenvalue weighted by Gasteiger charge is -2.40. The van der Waals surface area contributed by atoms with Crippen LogP contribution in [0.15, 0.2) is 18.2 Å². The van der Waals surface area contributed by atoms with Crippen LogP contribution in [0, 0.1) is 35.4 Å². The van der Waals surface area contributed by atoms with Gasteiger partial charge in [0, 0.05) is 5.56 Å². The summed E-state index contributed by atoms with van der Waals surface area (Å²) in [5.74, 6) is 4.56. The summed E-state index contributed by atoms with van der Waals surface area (Å²) in [4.78, 5) is 0. The van der Waals surface area contributed by atoms with E-state index in [2.05, 4.69) is 26.0 Å². The Labute approximate surface area is 239 Å². The molecule has 1 aromatic carbocycles. The fourth-order valence-corrected chi connectivity index (χ4v) is 8.46. The normalized spacial score (nSPS) is 28.3. The summed E-state index contributed by atoms with van der Waals surface area (Å²) in [6.45, 7) is 4.56. The standard InChI is InChI=1S/C36H56ClF/c1-3-5-7-8-10-12-33-25-26-34(36(38)35(33)37)32-23-21-31(22-24-32)30-19-17-29(18-20-30)28-15-13-27(14-16-28)11-9-6-4-2/h23,25-31H,3-22,24H2,1-2H3. The van der Waals surface area contributed by atoms with Crippen molar-refractivity contribution in [2.45, 2.75) is 149 Å². The first-order valence-electron chi connectivity index (χ1n) is 16.8. The number of aryl methyl sites for hydroxylation is 1. The molecule has 3 aliphatic rings. The molecule has 1 unspecified atom stereocenters. The van der Waals surface area contributed by atoms with Crippen LogP contribution in [-0.2, 0) is 6.42 Å². The average molecular weight is 543 g/mol. The quantitative estimate of drug-likeness (QED) is 0.217. The summed E-state index contributed by atoms with van der Waals surface area (Å²) in [6.07, 6.45) is 30.3. The van der Waals surface area contributed by atoms with Gasteiger partial charge in [-0.1, -0.05) is 108 Å². The Balaban J connectivity index is 1.21. The Morgan fingerprint density at radius 3 is 1.95 bits per heavy atom. The van der Waals surface area contributed by atoms with Crippen LogP contribution in [0.3, 0.4) is 0 Å². The van der Waals surface area contributed by atoms with Gasteiger partial charge in [0.25, 0.3) is 0 Å². The van der Waals surface area contributed by atoms with E-state index in [9.17, 15) is 0 Å². The van der Waals surface area contributed by atoms with Gasteiger partial charge in [0.2, 0.25) is 0 Å². The van der Waals surface area contributed by atoms with Crippen molar-refractivity contribution < 1.29 is 4.39 Å². The Morgan fingerprint density at radius 1 is 0.711 bits per heavy atom. The molecule has 0 spiro atoms. The molecule has 0 heterocycles. The highest BCUT2D eigenvalue weighted by molar-refractivity contribution is 6.31. The van der Waals surface area contributed by atoms with Crippen molar-refractivity contribution in [2.24, 2.45) is 29.6 Å². The topological polar surface area (TPSA) is 0 Å². The van der Waals surface area contributed by atoms with Gasteiger partial charge >= 0.3 is 0 Å². The van der Waals surface area contributed by atoms with Gasteiger partial charge in [0.05, 0.1) is 5.02 Å². The van der Waals surface area contributed by atoms with Gasteiger partial charge < -0.3 is 0 Å². The van der Waals surface area contributed by atoms with Crippen LogP contribution in [0.5, 0.6) is 0 Å². The lowest BCUT2D eigenvalue weighted by molar-refractivity contribution is 0.120. The summed E-state index contributed by atoms with van der Waals surface area (Å²) in [5.41, 5.74) is 2.94. The molecule has 2 saturated carbocycles. The molecule has 2 heteroatoms. The predicted octanol–water partition coefficient (Wildman–Crippen LogP) is 12.4. The molecule has 0 radical (unpaired) electrons. The Morgan fingerprint density at radius 2 is 1.32 bits per heavy atom. The molecule has 214 valence electrons. The second kappa shape index (κ2) is 15.8. The summed E-state index contributed by atoms with van der Waals surface area (Å²) in [5, 5.41) is 0.370. The molecule has 0 aromatic heterocycles. The van der Waals surface area contributed by atoms with Gasteiger partial charge in [-0.2, -0.15) is 0 Å². The van der Waals surface area contributed by atoms with Crippen LogP contribution < -0.4 is 0 Å². The van der Waals surface area contributed by atoms with Crippen LogP contribution in [0.2, 0.25) is 5.02 Å². The van der Waals surface area contributed by atoms with Gasteiger partial charge in [0.1, 0.15) is 5.82 Å². The van der Waals surface area contributed by atoms with Crippen molar-refractivity contribution in [1.82, 2.24) is 0 Å². The fraction of sp³-hybridized carbons (Fsp3) is 0.778. The van der Waals surface area contributed by atoms with E-state index in [1.165, 1.54) is 115 Å². The van der Waals surface area contributed by atoms with E-state index in [1.54, 1.807) is 0 Å². The number of hydrogen-bond acceptors (Lipinski definition) is 0. The van der Waals surface area contributed by atoms with E-state index in [0.29, 0.717) is 5.02 Å². The molecule has 0 N–H and O–H groups in total. The molecule has 4 rings (SSSR count). The number of hydrogen-bond donors (Lipinski definition) is 0. The molecule has 0 nitrogen and oxygen atoms in total. The molecule has 0 aliphatic heterocycles. The van der Waals surface area contributed by atoms with E-state index in [4.69, 9.17) is 11.6 Å². The minimum atomic E-state index is -0.178. The van der Waals surface area contributed by atoms with Crippen LogP contribution in [0.25, 0.3) is 5.57 Å². The van der Waals surface area contributed by atoms with Crippen molar-refractivity contribution in [2.75, 3.05) is 0 Å². The van der Waals surface area contributed by atoms with Gasteiger partial charge in [-0.05, 0) is 111 Å². The maximum absolute atomic E-state index is 15.3. The lowest BCUT2D eigenvalue weighted by atomic mass is 9.65. The first kappa shape index (κ1) is 30.1. The second-order valence-electron chi connectivity index (χ2n) is 13.3. The first-order valence-corrected chi connectivity index (χ1v) is 17.1. The van der Waals surface area contributed by atoms with Crippen molar-refractivity contribution in [3.05, 3.63) is 40.2 Å². The largest absolute Gasteiger partial charge is 0.205 e. The second-order valence-corrected chi connectivity index (χ2v) is 13.7. The monoisotopic (exact) mass is 542 g/mol. The summed E-state index contributed by atoms with van der Waals surface area (Å²) in [6, 6.07) is 4.10. The summed E-state index contributed by atoms with van der Waals surface area (Å²) >= 11 is 6.52. The van der Waals surface area contributed by atoms with Gasteiger partial charge in [-0.3, -0.25) is 0 Å². The van der Waals surface area contributed by atoms with Crippen LogP contribution in [0.4, 0.5) is 4.39 Å². The number of benzene rings is 1. The first-order chi connectivity index (χ1) is 18.6. The van der Waals surface area contributed by atoms with Gasteiger partial charge in [0.15, 0.2) is 0 Å². The fourth-order valence-electron chi connectivity index (χ4n) is 8.20. The molecule has 2 fully saturated rings. The van der Waals surface area contributed by atoms with Crippen LogP contribution in [-0.4, -0.2) is 0 Å². The molecule has 38 heavy (non-hydrogen) atoms. The number of rotatable bonds is 13. The molecule has 3 aliphatic carbocycles. The van der Waals surface area contributed by atoms with Crippen molar-refractivity contribution in [1.29, 1.82) is 0 Å². The van der Waals surface area contributed by atoms with Gasteiger partial charge in [-0.25, -0.2) is 4.39 Å². The zero-order valence-corrected chi connectivity index (χ0v) is 25.5. The van der Waals surface area contributed by atoms with E-state index in [1.807, 2.05) is 6.07 Å². The van der Waals surface area contributed by atoms with Gasteiger partial charge in [-0.15, -0.1) is 0 Å². The number of allylic oxidation sites excluding steroid dienone is 2. The summed E-state index contributed by atoms with van der Waals surface area (Å²) in [7, 11) is 0. The molecule has 0 amide bonds. The molecular formula is C36H56ClF. The maximum atomic E-state index is 15.3. The predicted molar refractivity (Wildman–Crippen MR) is 164 cm³/mol. The minimum absolute atomic E-state index is 0.178. The molecule has 1 atom stereocenters. The smallest absolute Gasteiger partial charge is 0.149 e. The summed E-state index contributed by atoms with van der Waals surface area (Å²) < 4.78 is 15.3. The highest BCUT2D eigenvalue weighted by Gasteiger charge is 2.34. The zero-order chi connectivity index (χ0) is 26.7. The van der Waals surface area contributed by atoms with E-state index < -0.39 is 0 Å². The number of unbranched alkanes of at least 4 members (excludes halogenated alkanes) is 6. The van der Waals surface area contributed by atoms with Crippen molar-refractivity contribution >= 4 is 17.2 Å². The Bertz CT molecular complexity index is 856. The lowest BCUT2D eigenvalue weighted by Crippen LogP contribution is -2.28. The Hall–Kier alpha value is -0.820. The third-order valence-electron chi connectivity index (χ3n) is 10.8. The van der Waals surface area contributed by atoms with E-state index >= 15 is 4.39 Å². The van der Waals surface area contributed by atoms with Crippen LogP contribution in [0.1, 0.15) is 153 Å². The van der Waals surface area contributed by atoms with Crippen LogP contribution >= 0.6 is 11.6 Å². The van der Waals surface area contributed by atoms with Crippen molar-refractivity contribution in [3.63, 3.8) is 0 Å². The molecule has 0 saturated heterocycles. The van der Waals surface area contributed by atoms with E-state index in [0.717, 1.165) is 66.4 Å². The Kier molecular flexibility index (Phi) is 12.6. The SMILES string of the molecule is CCCCCCCc1ccc(C2=CCC(C3CCC(C4CCC(CCCCC)CC4)CC3)CC2)c(F)c1Cl. The molecular weight excluding hydrogens is 487 g/mol. The third-order valence-corrected chi connectivity index (χ3v) is 11.2. The highest BCUT2D eigenvalue weighted by atomic mass is 35.5. The average Bonchev–Trinajstić information content (AvgIpc) is 2.96. The highest BCUT2D eigenvalue weighted by Crippen LogP contribution is 2.46. The van der Waals surface area contributed by atoms with E-state index in [-0.39, 0.29) is 5.82 Å². The molecule has 1 aromatic rings. The third kappa shape index (κ3) is 8.34. The zero-order valence-electron chi connectivity index (χ0n) is 24.7. The number of halogens is 2. The maximum Gasteiger partial charge on any atom is 0.149 e. The molecule has 0 bridgehead atoms.